The fourth-order valence-corrected chi connectivity index (χ4v) is 3.06. The van der Waals surface area contributed by atoms with Crippen molar-refractivity contribution in [2.24, 2.45) is 0 Å². The Kier molecular flexibility index (Phi) is 4.35. The minimum atomic E-state index is 0.623. The van der Waals surface area contributed by atoms with Gasteiger partial charge in [-0.1, -0.05) is 6.07 Å². The molecule has 2 nitrogen and oxygen atoms in total. The van der Waals surface area contributed by atoms with E-state index in [9.17, 15) is 0 Å². The summed E-state index contributed by atoms with van der Waals surface area (Å²) in [6, 6.07) is 10.2. The van der Waals surface area contributed by atoms with Crippen molar-refractivity contribution in [1.29, 1.82) is 0 Å². The summed E-state index contributed by atoms with van der Waals surface area (Å²) >= 11 is 1.81. The first-order valence-electron chi connectivity index (χ1n) is 6.32. The van der Waals surface area contributed by atoms with E-state index in [2.05, 4.69) is 54.7 Å². The predicted octanol–water partition coefficient (Wildman–Crippen LogP) is 2.99. The first-order chi connectivity index (χ1) is 8.24. The van der Waals surface area contributed by atoms with Crippen LogP contribution in [0, 0.1) is 0 Å². The lowest BCUT2D eigenvalue weighted by Crippen LogP contribution is -2.46. The molecule has 2 atom stereocenters. The highest BCUT2D eigenvalue weighted by atomic mass is 32.2. The quantitative estimate of drug-likeness (QED) is 0.830. The van der Waals surface area contributed by atoms with E-state index in [0.29, 0.717) is 12.1 Å². The summed E-state index contributed by atoms with van der Waals surface area (Å²) in [4.78, 5) is 3.89. The lowest BCUT2D eigenvalue weighted by Gasteiger charge is -2.39. The number of rotatable bonds is 3. The SMILES string of the molecule is CNC1CCN(c2cccc(SC)c2)C(C)C1. The number of hydrogen-bond acceptors (Lipinski definition) is 3. The zero-order valence-electron chi connectivity index (χ0n) is 10.9. The number of piperidine rings is 1. The van der Waals surface area contributed by atoms with Crippen LogP contribution in [0.25, 0.3) is 0 Å². The molecule has 3 heteroatoms. The maximum absolute atomic E-state index is 3.40. The van der Waals surface area contributed by atoms with Crippen LogP contribution in [0.5, 0.6) is 0 Å². The van der Waals surface area contributed by atoms with Crippen LogP contribution in [-0.4, -0.2) is 31.9 Å². The molecule has 1 saturated heterocycles. The molecule has 2 rings (SSSR count). The Morgan fingerprint density at radius 1 is 1.41 bits per heavy atom. The molecule has 0 bridgehead atoms. The standard InChI is InChI=1S/C14H22N2S/c1-11-9-12(15-2)7-8-16(11)13-5-4-6-14(10-13)17-3/h4-6,10-12,15H,7-9H2,1-3H3. The summed E-state index contributed by atoms with van der Waals surface area (Å²) in [5, 5.41) is 3.40. The topological polar surface area (TPSA) is 15.3 Å². The lowest BCUT2D eigenvalue weighted by atomic mass is 9.98. The normalized spacial score (nSPS) is 25.0. The molecule has 17 heavy (non-hydrogen) atoms. The number of hydrogen-bond donors (Lipinski definition) is 1. The van der Waals surface area contributed by atoms with Gasteiger partial charge in [0.15, 0.2) is 0 Å². The molecule has 0 saturated carbocycles. The van der Waals surface area contributed by atoms with E-state index in [1.54, 1.807) is 0 Å². The minimum absolute atomic E-state index is 0.623. The molecule has 1 fully saturated rings. The number of benzene rings is 1. The van der Waals surface area contributed by atoms with Crippen LogP contribution in [0.1, 0.15) is 19.8 Å². The Balaban J connectivity index is 2.11. The molecule has 2 unspecified atom stereocenters. The number of nitrogens with one attached hydrogen (secondary N) is 1. The highest BCUT2D eigenvalue weighted by molar-refractivity contribution is 7.98. The first kappa shape index (κ1) is 12.8. The summed E-state index contributed by atoms with van der Waals surface area (Å²) in [7, 11) is 2.07. The predicted molar refractivity (Wildman–Crippen MR) is 77.1 cm³/mol. The van der Waals surface area contributed by atoms with Crippen molar-refractivity contribution >= 4 is 17.4 Å². The van der Waals surface area contributed by atoms with Crippen molar-refractivity contribution in [2.75, 3.05) is 24.7 Å². The van der Waals surface area contributed by atoms with Crippen molar-refractivity contribution in [3.63, 3.8) is 0 Å². The van der Waals surface area contributed by atoms with Gasteiger partial charge < -0.3 is 10.2 Å². The second-order valence-corrected chi connectivity index (χ2v) is 5.63. The molecular weight excluding hydrogens is 228 g/mol. The maximum atomic E-state index is 3.40. The van der Waals surface area contributed by atoms with Gasteiger partial charge in [-0.25, -0.2) is 0 Å². The van der Waals surface area contributed by atoms with Crippen molar-refractivity contribution < 1.29 is 0 Å². The molecule has 0 spiro atoms. The Morgan fingerprint density at radius 2 is 2.24 bits per heavy atom. The van der Waals surface area contributed by atoms with Gasteiger partial charge in [-0.2, -0.15) is 0 Å². The van der Waals surface area contributed by atoms with Crippen molar-refractivity contribution in [3.8, 4) is 0 Å². The molecule has 1 heterocycles. The zero-order chi connectivity index (χ0) is 12.3. The third kappa shape index (κ3) is 2.96. The van der Waals surface area contributed by atoms with Crippen LogP contribution in [0.2, 0.25) is 0 Å². The molecule has 0 amide bonds. The van der Waals surface area contributed by atoms with E-state index >= 15 is 0 Å². The van der Waals surface area contributed by atoms with Crippen LogP contribution < -0.4 is 10.2 Å². The summed E-state index contributed by atoms with van der Waals surface area (Å²) in [6.45, 7) is 3.49. The van der Waals surface area contributed by atoms with Gasteiger partial charge in [-0.15, -0.1) is 11.8 Å². The number of nitrogens with zero attached hydrogens (tertiary/aromatic N) is 1. The van der Waals surface area contributed by atoms with E-state index in [0.717, 1.165) is 6.54 Å². The second-order valence-electron chi connectivity index (χ2n) is 4.75. The summed E-state index contributed by atoms with van der Waals surface area (Å²) < 4.78 is 0. The van der Waals surface area contributed by atoms with Crippen LogP contribution in [0.15, 0.2) is 29.2 Å². The summed E-state index contributed by atoms with van der Waals surface area (Å²) in [6.07, 6.45) is 4.61. The van der Waals surface area contributed by atoms with Gasteiger partial charge in [-0.05, 0) is 51.3 Å². The monoisotopic (exact) mass is 250 g/mol. The van der Waals surface area contributed by atoms with Gasteiger partial charge in [0.05, 0.1) is 0 Å². The van der Waals surface area contributed by atoms with Crippen molar-refractivity contribution in [1.82, 2.24) is 5.32 Å². The molecule has 1 aromatic carbocycles. The largest absolute Gasteiger partial charge is 0.369 e. The van der Waals surface area contributed by atoms with E-state index < -0.39 is 0 Å². The first-order valence-corrected chi connectivity index (χ1v) is 7.55. The third-order valence-electron chi connectivity index (χ3n) is 3.67. The van der Waals surface area contributed by atoms with Crippen molar-refractivity contribution in [2.45, 2.75) is 36.7 Å². The highest BCUT2D eigenvalue weighted by Crippen LogP contribution is 2.27. The van der Waals surface area contributed by atoms with E-state index in [4.69, 9.17) is 0 Å². The van der Waals surface area contributed by atoms with Gasteiger partial charge in [0.1, 0.15) is 0 Å². The molecule has 0 radical (unpaired) electrons. The van der Waals surface area contributed by atoms with Crippen molar-refractivity contribution in [3.05, 3.63) is 24.3 Å². The molecule has 0 aliphatic carbocycles. The Labute approximate surface area is 109 Å². The molecule has 1 N–H and O–H groups in total. The van der Waals surface area contributed by atoms with Crippen LogP contribution in [0.3, 0.4) is 0 Å². The smallest absolute Gasteiger partial charge is 0.0379 e. The fourth-order valence-electron chi connectivity index (χ4n) is 2.61. The molecule has 94 valence electrons. The number of anilines is 1. The van der Waals surface area contributed by atoms with E-state index in [1.165, 1.54) is 23.4 Å². The second kappa shape index (κ2) is 5.78. The Morgan fingerprint density at radius 3 is 2.88 bits per heavy atom. The fraction of sp³-hybridized carbons (Fsp3) is 0.571. The molecule has 1 aromatic rings. The molecule has 1 aliphatic rings. The average Bonchev–Trinajstić information content (AvgIpc) is 2.38. The van der Waals surface area contributed by atoms with Gasteiger partial charge in [-0.3, -0.25) is 0 Å². The molecular formula is C14H22N2S. The van der Waals surface area contributed by atoms with Gasteiger partial charge in [0, 0.05) is 29.2 Å². The molecule has 1 aliphatic heterocycles. The minimum Gasteiger partial charge on any atom is -0.369 e. The number of thioether (sulfide) groups is 1. The summed E-state index contributed by atoms with van der Waals surface area (Å²) in [5.41, 5.74) is 1.37. The Hall–Kier alpha value is -0.670. The lowest BCUT2D eigenvalue weighted by molar-refractivity contribution is 0.387. The average molecular weight is 250 g/mol. The van der Waals surface area contributed by atoms with Gasteiger partial charge >= 0.3 is 0 Å². The zero-order valence-corrected chi connectivity index (χ0v) is 11.8. The van der Waals surface area contributed by atoms with Gasteiger partial charge in [0.2, 0.25) is 0 Å². The highest BCUT2D eigenvalue weighted by Gasteiger charge is 2.24. The van der Waals surface area contributed by atoms with Crippen LogP contribution in [0.4, 0.5) is 5.69 Å². The maximum Gasteiger partial charge on any atom is 0.0379 e. The van der Waals surface area contributed by atoms with Crippen LogP contribution >= 0.6 is 11.8 Å². The van der Waals surface area contributed by atoms with Gasteiger partial charge in [0.25, 0.3) is 0 Å². The molecule has 0 aromatic heterocycles. The summed E-state index contributed by atoms with van der Waals surface area (Å²) in [5.74, 6) is 0. The third-order valence-corrected chi connectivity index (χ3v) is 4.39. The van der Waals surface area contributed by atoms with Crippen LogP contribution in [-0.2, 0) is 0 Å². The Bertz CT molecular complexity index is 367. The van der Waals surface area contributed by atoms with E-state index in [1.807, 2.05) is 11.8 Å². The van der Waals surface area contributed by atoms with E-state index in [-0.39, 0.29) is 0 Å².